The summed E-state index contributed by atoms with van der Waals surface area (Å²) in [5.74, 6) is 0. The second kappa shape index (κ2) is 2.86. The van der Waals surface area contributed by atoms with Crippen molar-refractivity contribution >= 4 is 22.9 Å². The fraction of sp³-hybridized carbons (Fsp3) is 0.143. The van der Waals surface area contributed by atoms with Crippen LogP contribution in [0.3, 0.4) is 0 Å². The van der Waals surface area contributed by atoms with E-state index in [1.54, 1.807) is 18.2 Å². The van der Waals surface area contributed by atoms with E-state index in [9.17, 15) is 5.78 Å². The summed E-state index contributed by atoms with van der Waals surface area (Å²) in [7, 11) is 0. The first kappa shape index (κ1) is 7.97. The molecule has 1 aromatic carbocycles. The van der Waals surface area contributed by atoms with Crippen LogP contribution >= 0.6 is 0 Å². The second-order valence-corrected chi connectivity index (χ2v) is 7.52. The predicted octanol–water partition coefficient (Wildman–Crippen LogP) is 1.90. The van der Waals surface area contributed by atoms with Crippen molar-refractivity contribution < 1.29 is 5.78 Å². The van der Waals surface area contributed by atoms with Gasteiger partial charge in [-0.2, -0.15) is 0 Å². The van der Waals surface area contributed by atoms with Gasteiger partial charge in [-0.05, 0) is 0 Å². The first-order valence-electron chi connectivity index (χ1n) is 2.83. The third kappa shape index (κ3) is 1.93. The Balaban J connectivity index is 2.97. The average molecular weight is 258 g/mol. The minimum absolute atomic E-state index is 0.255. The fourth-order valence-corrected chi connectivity index (χ4v) is 2.47. The molecule has 0 aromatic heterocycles. The number of rotatable bonds is 1. The zero-order valence-electron chi connectivity index (χ0n) is 5.55. The predicted molar refractivity (Wildman–Crippen MR) is 39.9 cm³/mol. The molecule has 0 heterocycles. The summed E-state index contributed by atoms with van der Waals surface area (Å²) in [4.78, 5) is 1.08. The molecule has 0 unspecified atom stereocenters. The first-order chi connectivity index (χ1) is 4.61. The molecule has 0 aliphatic carbocycles. The van der Waals surface area contributed by atoms with Gasteiger partial charge in [0.05, 0.1) is 0 Å². The molecule has 0 spiro atoms. The molecule has 0 radical (unpaired) electrons. The van der Waals surface area contributed by atoms with Crippen molar-refractivity contribution in [1.29, 1.82) is 0 Å². The van der Waals surface area contributed by atoms with Crippen LogP contribution in [0.15, 0.2) is 30.3 Å². The van der Waals surface area contributed by atoms with E-state index in [-0.39, 0.29) is 3.61 Å². The Bertz CT molecular complexity index is 203. The van der Waals surface area contributed by atoms with Crippen molar-refractivity contribution in [3.8, 4) is 0 Å². The van der Waals surface area contributed by atoms with Crippen LogP contribution in [-0.4, -0.2) is 19.3 Å². The summed E-state index contributed by atoms with van der Waals surface area (Å²) < 4.78 is 25.5. The van der Waals surface area contributed by atoms with Gasteiger partial charge in [0.15, 0.2) is 0 Å². The monoisotopic (exact) mass is 260 g/mol. The Morgan fingerprint density at radius 1 is 1.10 bits per heavy atom. The first-order valence-corrected chi connectivity index (χ1v) is 8.09. The summed E-state index contributed by atoms with van der Waals surface area (Å²) >= 11 is -4.52. The Hall–Kier alpha value is -0.130. The van der Waals surface area contributed by atoms with E-state index < -0.39 is 19.3 Å². The van der Waals surface area contributed by atoms with E-state index in [0.29, 0.717) is 0 Å². The van der Waals surface area contributed by atoms with E-state index in [1.807, 2.05) is 0 Å². The zero-order chi connectivity index (χ0) is 7.61. The van der Waals surface area contributed by atoms with Crippen LogP contribution in [0.5, 0.6) is 0 Å². The van der Waals surface area contributed by atoms with Crippen LogP contribution < -0.4 is 3.61 Å². The van der Waals surface area contributed by atoms with E-state index in [1.165, 1.54) is 12.1 Å². The molecule has 0 nitrogen and oxygen atoms in total. The Morgan fingerprint density at radius 3 is 1.90 bits per heavy atom. The molecule has 0 bridgehead atoms. The molecule has 1 rings (SSSR count). The summed E-state index contributed by atoms with van der Waals surface area (Å²) in [6.07, 6.45) is 0. The maximum atomic E-state index is 12.6. The molecule has 0 saturated heterocycles. The third-order valence-corrected chi connectivity index (χ3v) is 4.30. The van der Waals surface area contributed by atoms with Gasteiger partial charge in [-0.15, -0.1) is 0 Å². The van der Waals surface area contributed by atoms with Gasteiger partial charge in [0.2, 0.25) is 0 Å². The molecule has 0 aliphatic rings. The van der Waals surface area contributed by atoms with Crippen molar-refractivity contribution in [2.75, 3.05) is 0 Å². The Labute approximate surface area is 64.2 Å². The van der Waals surface area contributed by atoms with Crippen molar-refractivity contribution in [3.05, 3.63) is 30.3 Å². The van der Waals surface area contributed by atoms with Gasteiger partial charge in [-0.3, -0.25) is 0 Å². The molecular formula is C7H8F2Te. The van der Waals surface area contributed by atoms with E-state index in [0.717, 1.165) is 4.97 Å². The molecule has 56 valence electrons. The van der Waals surface area contributed by atoms with Crippen molar-refractivity contribution in [1.82, 2.24) is 0 Å². The van der Waals surface area contributed by atoms with Gasteiger partial charge >= 0.3 is 64.0 Å². The van der Waals surface area contributed by atoms with E-state index >= 15 is 0 Å². The number of hydrogen-bond acceptors (Lipinski definition) is 0. The Kier molecular flexibility index (Phi) is 2.28. The fourth-order valence-electron chi connectivity index (χ4n) is 0.659. The topological polar surface area (TPSA) is 0 Å². The summed E-state index contributed by atoms with van der Waals surface area (Å²) in [6, 6.07) is 8.05. The SMILES string of the molecule is C[Te](F)(F)c1ccccc1. The number of benzene rings is 1. The summed E-state index contributed by atoms with van der Waals surface area (Å²) in [5.41, 5.74) is 0. The normalized spacial score (nSPS) is 13.1. The van der Waals surface area contributed by atoms with Crippen LogP contribution in [0.1, 0.15) is 0 Å². The standard InChI is InChI=1S/C7H8F2Te/c1-10(8,9)7-5-3-2-4-6-7/h2-6H,1H3. The number of hydrogen-bond donors (Lipinski definition) is 0. The van der Waals surface area contributed by atoms with E-state index in [2.05, 4.69) is 0 Å². The molecule has 0 atom stereocenters. The van der Waals surface area contributed by atoms with Crippen LogP contribution in [0, 0.1) is 0 Å². The van der Waals surface area contributed by atoms with Crippen molar-refractivity contribution in [2.45, 2.75) is 4.97 Å². The van der Waals surface area contributed by atoms with Crippen LogP contribution in [-0.2, 0) is 0 Å². The summed E-state index contributed by atoms with van der Waals surface area (Å²) in [6.45, 7) is 0. The molecule has 3 heteroatoms. The van der Waals surface area contributed by atoms with Crippen molar-refractivity contribution in [2.24, 2.45) is 0 Å². The van der Waals surface area contributed by atoms with Crippen LogP contribution in [0.25, 0.3) is 0 Å². The van der Waals surface area contributed by atoms with Gasteiger partial charge in [-0.25, -0.2) is 0 Å². The molecule has 0 saturated carbocycles. The molecule has 0 fully saturated rings. The maximum absolute atomic E-state index is 12.6. The third-order valence-electron chi connectivity index (χ3n) is 1.16. The van der Waals surface area contributed by atoms with Gasteiger partial charge in [0.1, 0.15) is 0 Å². The summed E-state index contributed by atoms with van der Waals surface area (Å²) in [5, 5.41) is 0. The molecule has 1 aromatic rings. The van der Waals surface area contributed by atoms with Crippen molar-refractivity contribution in [3.63, 3.8) is 0 Å². The van der Waals surface area contributed by atoms with Gasteiger partial charge < -0.3 is 0 Å². The van der Waals surface area contributed by atoms with Gasteiger partial charge in [-0.1, -0.05) is 0 Å². The van der Waals surface area contributed by atoms with Gasteiger partial charge in [0, 0.05) is 0 Å². The van der Waals surface area contributed by atoms with Crippen LogP contribution in [0.4, 0.5) is 5.78 Å². The zero-order valence-corrected chi connectivity index (χ0v) is 7.88. The van der Waals surface area contributed by atoms with E-state index in [4.69, 9.17) is 0 Å². The Morgan fingerprint density at radius 2 is 1.60 bits per heavy atom. The molecule has 0 amide bonds. The molecule has 10 heavy (non-hydrogen) atoms. The molecule has 0 aliphatic heterocycles. The van der Waals surface area contributed by atoms with Gasteiger partial charge in [0.25, 0.3) is 0 Å². The molecule has 0 N–H and O–H groups in total. The van der Waals surface area contributed by atoms with Crippen LogP contribution in [0.2, 0.25) is 4.97 Å². The average Bonchev–Trinajstić information content (AvgIpc) is 1.88. The second-order valence-electron chi connectivity index (χ2n) is 2.04. The minimum atomic E-state index is -4.52. The molecular weight excluding hydrogens is 250 g/mol. The quantitative estimate of drug-likeness (QED) is 0.675. The number of halogens is 2.